The van der Waals surface area contributed by atoms with Crippen LogP contribution < -0.4 is 36.8 Å². The number of nitro benzene ring substituents is 1. The fourth-order valence-corrected chi connectivity index (χ4v) is 13.5. The highest BCUT2D eigenvalue weighted by molar-refractivity contribution is 6.99. The van der Waals surface area contributed by atoms with E-state index < -0.39 is 30.7 Å². The van der Waals surface area contributed by atoms with Crippen molar-refractivity contribution in [3.8, 4) is 0 Å². The molecule has 0 bridgehead atoms. The summed E-state index contributed by atoms with van der Waals surface area (Å²) in [6.45, 7) is 13.1. The number of ether oxygens (including phenoxy) is 2. The summed E-state index contributed by atoms with van der Waals surface area (Å²) in [4.78, 5) is 65.4. The van der Waals surface area contributed by atoms with Crippen LogP contribution in [0.25, 0.3) is 28.1 Å². The van der Waals surface area contributed by atoms with Gasteiger partial charge in [0.05, 0.1) is 36.0 Å². The van der Waals surface area contributed by atoms with Gasteiger partial charge in [0.25, 0.3) is 14.2 Å². The molecule has 7 aromatic rings. The number of non-ortho nitro benzene ring substituents is 1. The molecule has 0 spiro atoms. The molecular weight excluding hydrogens is 999 g/mol. The van der Waals surface area contributed by atoms with Crippen LogP contribution in [0, 0.1) is 10.1 Å². The number of carbonyl (C=O) groups excluding carboxylic acids is 3. The van der Waals surface area contributed by atoms with E-state index in [1.54, 1.807) is 42.5 Å². The third kappa shape index (κ3) is 14.6. The number of esters is 1. The maximum atomic E-state index is 13.8. The van der Waals surface area contributed by atoms with Gasteiger partial charge in [0.15, 0.2) is 5.52 Å². The zero-order valence-electron chi connectivity index (χ0n) is 44.0. The number of amides is 2. The fraction of sp³-hybridized carbons (Fsp3) is 0.310. The van der Waals surface area contributed by atoms with Crippen molar-refractivity contribution in [2.24, 2.45) is 0 Å². The minimum atomic E-state index is -2.95. The number of rotatable bonds is 27. The number of hydrogen-bond donors (Lipinski definition) is 3. The Kier molecular flexibility index (Phi) is 19.8. The third-order valence-electron chi connectivity index (χ3n) is 13.0. The second-order valence-electron chi connectivity index (χ2n) is 19.1. The van der Waals surface area contributed by atoms with Gasteiger partial charge in [0, 0.05) is 61.5 Å². The highest BCUT2D eigenvalue weighted by Crippen LogP contribution is 2.37. The number of nitro groups is 1. The van der Waals surface area contributed by atoms with E-state index in [0.717, 1.165) is 47.6 Å². The number of nitrogens with one attached hydrogen (secondary N) is 3. The summed E-state index contributed by atoms with van der Waals surface area (Å²) in [5.41, 5.74) is 2.89. The van der Waals surface area contributed by atoms with Crippen molar-refractivity contribution < 1.29 is 42.3 Å². The molecule has 0 atom stereocenters. The summed E-state index contributed by atoms with van der Waals surface area (Å²) >= 11 is 0. The average Bonchev–Trinajstić information content (AvgIpc) is 3.99. The number of benzene rings is 5. The van der Waals surface area contributed by atoms with Gasteiger partial charge in [0.2, 0.25) is 11.4 Å². The molecule has 2 aromatic heterocycles. The second-order valence-corrected chi connectivity index (χ2v) is 23.4. The van der Waals surface area contributed by atoms with Gasteiger partial charge in [0.1, 0.15) is 17.8 Å². The quantitative estimate of drug-likeness (QED) is 0.00637. The minimum absolute atomic E-state index is 0.0461. The third-order valence-corrected chi connectivity index (χ3v) is 18.0. The van der Waals surface area contributed by atoms with Crippen LogP contribution in [-0.2, 0) is 23.5 Å². The first-order valence-electron chi connectivity index (χ1n) is 25.7. The van der Waals surface area contributed by atoms with Gasteiger partial charge in [-0.05, 0) is 107 Å². The molecule has 3 N–H and O–H groups in total. The van der Waals surface area contributed by atoms with Crippen LogP contribution in [0.15, 0.2) is 153 Å². The molecule has 0 unspecified atom stereocenters. The number of anilines is 3. The number of carbonyl (C=O) groups is 3. The van der Waals surface area contributed by atoms with Crippen LogP contribution in [0.5, 0.6) is 0 Å². The summed E-state index contributed by atoms with van der Waals surface area (Å²) in [5.74, 6) is -1.31. The topological polar surface area (TPSA) is 230 Å². The van der Waals surface area contributed by atoms with Crippen molar-refractivity contribution in [2.75, 3.05) is 68.1 Å². The molecule has 0 saturated carbocycles. The molecule has 77 heavy (non-hydrogen) atoms. The van der Waals surface area contributed by atoms with Crippen LogP contribution in [0.1, 0.15) is 76.2 Å². The molecular formula is C58H65N7O11Si. The molecule has 0 saturated heterocycles. The Hall–Kier alpha value is -8.26. The van der Waals surface area contributed by atoms with Gasteiger partial charge in [-0.15, -0.1) is 0 Å². The summed E-state index contributed by atoms with van der Waals surface area (Å²) in [7, 11) is -2.95. The lowest BCUT2D eigenvalue weighted by Crippen LogP contribution is -2.66. The maximum absolute atomic E-state index is 13.8. The van der Waals surface area contributed by atoms with E-state index >= 15 is 0 Å². The van der Waals surface area contributed by atoms with Gasteiger partial charge in [-0.2, -0.15) is 0 Å². The second kappa shape index (κ2) is 27.0. The number of unbranched alkanes of at least 4 members (excludes halogenated alkanes) is 2. The molecule has 0 aliphatic carbocycles. The van der Waals surface area contributed by atoms with Crippen molar-refractivity contribution in [1.29, 1.82) is 0 Å². The Balaban J connectivity index is 0.936. The van der Waals surface area contributed by atoms with E-state index in [-0.39, 0.29) is 71.8 Å². The van der Waals surface area contributed by atoms with Crippen molar-refractivity contribution >= 4 is 87.3 Å². The maximum Gasteiger partial charge on any atom is 0.349 e. The molecule has 0 radical (unpaired) electrons. The Labute approximate surface area is 447 Å². The Morgan fingerprint density at radius 1 is 0.805 bits per heavy atom. The lowest BCUT2D eigenvalue weighted by Gasteiger charge is -2.42. The summed E-state index contributed by atoms with van der Waals surface area (Å²) < 4.78 is 28.7. The number of fused-ring (bicyclic) bond motifs is 2. The molecule has 0 fully saturated rings. The van der Waals surface area contributed by atoms with Gasteiger partial charge in [-0.25, -0.2) is 14.2 Å². The monoisotopic (exact) mass is 1060 g/mol. The number of aromatic nitrogens is 2. The van der Waals surface area contributed by atoms with Crippen LogP contribution >= 0.6 is 0 Å². The van der Waals surface area contributed by atoms with Gasteiger partial charge < -0.3 is 39.2 Å². The van der Waals surface area contributed by atoms with E-state index in [1.807, 2.05) is 74.5 Å². The predicted molar refractivity (Wildman–Crippen MR) is 301 cm³/mol. The van der Waals surface area contributed by atoms with Gasteiger partial charge in [-0.1, -0.05) is 106 Å². The molecule has 0 aliphatic heterocycles. The Bertz CT molecular complexity index is 3200. The van der Waals surface area contributed by atoms with E-state index in [4.69, 9.17) is 22.9 Å². The van der Waals surface area contributed by atoms with E-state index in [2.05, 4.69) is 76.2 Å². The Morgan fingerprint density at radius 3 is 2.18 bits per heavy atom. The van der Waals surface area contributed by atoms with Crippen molar-refractivity contribution in [3.05, 3.63) is 171 Å². The predicted octanol–water partition coefficient (Wildman–Crippen LogP) is 9.20. The molecule has 2 heterocycles. The largest absolute Gasteiger partial charge is 0.460 e. The minimum Gasteiger partial charge on any atom is -0.460 e. The standard InChI is InChI=1S/C58H65N7O11Si/c1-6-64(7-2)45-29-26-43-39-48(57(69)75-51(43)40-45)55(67)60-34-36-72-37-38-73-56(68)42(32-35-74-77(58(3,4)5,46-17-11-8-12-18-46)47-19-13-9-14-20-47)25-22-41-23-27-44(28-24-41)61-52(66)21-15-10-16-33-59-49-30-31-50(65(70)71)54-53(49)62-76-63-54/h8-9,11-14,17-20,22-32,39-40,59H,6-7,10,15-16,21,33-38H2,1-5H3,(H,60,67)(H,61,66)/b25-22+,42-32+. The molecule has 2 amide bonds. The lowest BCUT2D eigenvalue weighted by molar-refractivity contribution is -0.383. The zero-order chi connectivity index (χ0) is 54.8. The molecule has 7 rings (SSSR count). The SMILES string of the molecule is CCN(CC)c1ccc2cc(C(=O)NCCOCCOC(=O)C(/C=C/c3ccc(NC(=O)CCCCCNc4ccc([N+](=O)[O-])c5nonc45)cc3)=C/CO[Si](c3ccccc3)(c3ccccc3)C(C)(C)C)c(=O)oc2c1. The smallest absolute Gasteiger partial charge is 0.349 e. The summed E-state index contributed by atoms with van der Waals surface area (Å²) in [5, 5.41) is 30.1. The van der Waals surface area contributed by atoms with Crippen molar-refractivity contribution in [2.45, 2.75) is 65.3 Å². The Morgan fingerprint density at radius 2 is 1.51 bits per heavy atom. The highest BCUT2D eigenvalue weighted by Gasteiger charge is 2.50. The number of nitrogens with zero attached hydrogens (tertiary/aromatic N) is 4. The van der Waals surface area contributed by atoms with E-state index in [1.165, 1.54) is 12.1 Å². The molecule has 18 nitrogen and oxygen atoms in total. The van der Waals surface area contributed by atoms with Crippen LogP contribution in [-0.4, -0.2) is 93.9 Å². The average molecular weight is 1060 g/mol. The zero-order valence-corrected chi connectivity index (χ0v) is 45.0. The normalized spacial score (nSPS) is 12.0. The van der Waals surface area contributed by atoms with Crippen molar-refractivity contribution in [1.82, 2.24) is 15.6 Å². The molecule has 402 valence electrons. The van der Waals surface area contributed by atoms with Crippen molar-refractivity contribution in [3.63, 3.8) is 0 Å². The van der Waals surface area contributed by atoms with E-state index in [0.29, 0.717) is 41.7 Å². The van der Waals surface area contributed by atoms with Gasteiger partial charge >= 0.3 is 17.3 Å². The lowest BCUT2D eigenvalue weighted by atomic mass is 10.1. The first kappa shape index (κ1) is 56.5. The first-order valence-corrected chi connectivity index (χ1v) is 27.7. The molecule has 0 aliphatic rings. The van der Waals surface area contributed by atoms with Crippen LogP contribution in [0.3, 0.4) is 0 Å². The van der Waals surface area contributed by atoms with Gasteiger partial charge in [-0.3, -0.25) is 19.7 Å². The fourth-order valence-electron chi connectivity index (χ4n) is 9.03. The summed E-state index contributed by atoms with van der Waals surface area (Å²) in [6, 6.07) is 37.7. The van der Waals surface area contributed by atoms with Crippen LogP contribution in [0.4, 0.5) is 22.7 Å². The summed E-state index contributed by atoms with van der Waals surface area (Å²) in [6.07, 6.45) is 7.67. The molecule has 5 aromatic carbocycles. The first-order chi connectivity index (χ1) is 37.2. The van der Waals surface area contributed by atoms with Crippen LogP contribution in [0.2, 0.25) is 5.04 Å². The number of hydrogen-bond acceptors (Lipinski definition) is 15. The molecule has 19 heteroatoms. The van der Waals surface area contributed by atoms with E-state index in [9.17, 15) is 29.3 Å². The highest BCUT2D eigenvalue weighted by atomic mass is 28.4.